The number of nitrogens with one attached hydrogen (secondary N) is 1. The molecule has 3 aromatic carbocycles. The first kappa shape index (κ1) is 21.4. The number of methoxy groups -OCH3 is 1. The van der Waals surface area contributed by atoms with E-state index in [4.69, 9.17) is 9.47 Å². The van der Waals surface area contributed by atoms with Crippen LogP contribution in [0.2, 0.25) is 0 Å². The number of nitrogens with zero attached hydrogens (tertiary/aromatic N) is 2. The summed E-state index contributed by atoms with van der Waals surface area (Å²) < 4.78 is 26.9. The van der Waals surface area contributed by atoms with Crippen LogP contribution in [0.15, 0.2) is 66.9 Å². The molecule has 0 aliphatic heterocycles. The number of aryl methyl sites for hydroxylation is 1. The maximum atomic E-state index is 13.6. The molecule has 1 heterocycles. The van der Waals surface area contributed by atoms with Crippen molar-refractivity contribution in [3.8, 4) is 22.6 Å². The van der Waals surface area contributed by atoms with E-state index in [9.17, 15) is 9.18 Å². The molecule has 0 radical (unpaired) electrons. The largest absolute Gasteiger partial charge is 0.496 e. The summed E-state index contributed by atoms with van der Waals surface area (Å²) in [5.41, 5.74) is 3.63. The Kier molecular flexibility index (Phi) is 6.35. The van der Waals surface area contributed by atoms with Crippen molar-refractivity contribution in [2.45, 2.75) is 19.6 Å². The third kappa shape index (κ3) is 4.56. The van der Waals surface area contributed by atoms with Gasteiger partial charge >= 0.3 is 0 Å². The van der Waals surface area contributed by atoms with Gasteiger partial charge < -0.3 is 14.8 Å². The molecule has 0 bridgehead atoms. The topological polar surface area (TPSA) is 65.4 Å². The lowest BCUT2D eigenvalue weighted by Gasteiger charge is -2.14. The summed E-state index contributed by atoms with van der Waals surface area (Å²) in [7, 11) is 3.15. The zero-order chi connectivity index (χ0) is 22.5. The Bertz CT molecular complexity index is 1250. The van der Waals surface area contributed by atoms with Crippen molar-refractivity contribution < 1.29 is 18.7 Å². The molecule has 6 nitrogen and oxygen atoms in total. The fraction of sp³-hybridized carbons (Fsp3) is 0.200. The summed E-state index contributed by atoms with van der Waals surface area (Å²) >= 11 is 0. The second-order valence-electron chi connectivity index (χ2n) is 7.30. The minimum Gasteiger partial charge on any atom is -0.496 e. The van der Waals surface area contributed by atoms with Crippen LogP contribution in [0.3, 0.4) is 0 Å². The van der Waals surface area contributed by atoms with Crippen molar-refractivity contribution >= 4 is 16.8 Å². The highest BCUT2D eigenvalue weighted by molar-refractivity contribution is 5.81. The summed E-state index contributed by atoms with van der Waals surface area (Å²) in [5, 5.41) is 7.93. The number of hydrogen-bond acceptors (Lipinski definition) is 4. The van der Waals surface area contributed by atoms with Crippen molar-refractivity contribution in [1.29, 1.82) is 0 Å². The molecule has 0 aliphatic rings. The van der Waals surface area contributed by atoms with Gasteiger partial charge in [-0.05, 0) is 41.5 Å². The van der Waals surface area contributed by atoms with Crippen molar-refractivity contribution in [2.75, 3.05) is 14.2 Å². The number of amides is 1. The maximum Gasteiger partial charge on any atom is 0.221 e. The molecule has 0 spiro atoms. The third-order valence-electron chi connectivity index (χ3n) is 5.31. The summed E-state index contributed by atoms with van der Waals surface area (Å²) in [6.07, 6.45) is 2.14. The van der Waals surface area contributed by atoms with Crippen LogP contribution < -0.4 is 14.8 Å². The SMILES string of the molecule is CNC(=O)CCn1ncc2cc(OCc3ccccc3-c3ccc(F)cc3OC)ccc21. The first-order valence-electron chi connectivity index (χ1n) is 10.3. The number of ether oxygens (including phenoxy) is 2. The number of aromatic nitrogens is 2. The Morgan fingerprint density at radius 2 is 1.94 bits per heavy atom. The van der Waals surface area contributed by atoms with E-state index in [1.165, 1.54) is 19.2 Å². The number of fused-ring (bicyclic) bond motifs is 1. The monoisotopic (exact) mass is 433 g/mol. The number of carbonyl (C=O) groups is 1. The average molecular weight is 433 g/mol. The second-order valence-corrected chi connectivity index (χ2v) is 7.30. The van der Waals surface area contributed by atoms with E-state index >= 15 is 0 Å². The molecule has 32 heavy (non-hydrogen) atoms. The third-order valence-corrected chi connectivity index (χ3v) is 5.31. The molecule has 7 heteroatoms. The van der Waals surface area contributed by atoms with E-state index in [0.717, 1.165) is 27.6 Å². The van der Waals surface area contributed by atoms with Crippen LogP contribution in [-0.2, 0) is 17.9 Å². The molecular formula is C25H24FN3O3. The second kappa shape index (κ2) is 9.51. The van der Waals surface area contributed by atoms with Gasteiger partial charge in [-0.2, -0.15) is 5.10 Å². The highest BCUT2D eigenvalue weighted by Crippen LogP contribution is 2.33. The molecular weight excluding hydrogens is 409 g/mol. The van der Waals surface area contributed by atoms with Gasteiger partial charge in [0.15, 0.2) is 0 Å². The zero-order valence-electron chi connectivity index (χ0n) is 18.0. The molecule has 4 rings (SSSR count). The predicted molar refractivity (Wildman–Crippen MR) is 121 cm³/mol. The molecule has 0 aliphatic carbocycles. The molecule has 0 atom stereocenters. The van der Waals surface area contributed by atoms with E-state index in [1.807, 2.05) is 47.1 Å². The normalized spacial score (nSPS) is 10.8. The van der Waals surface area contributed by atoms with Crippen molar-refractivity contribution in [2.24, 2.45) is 0 Å². The first-order chi connectivity index (χ1) is 15.6. The molecule has 1 N–H and O–H groups in total. The van der Waals surface area contributed by atoms with Crippen LogP contribution in [0, 0.1) is 5.82 Å². The quantitative estimate of drug-likeness (QED) is 0.442. The lowest BCUT2D eigenvalue weighted by Crippen LogP contribution is -2.19. The van der Waals surface area contributed by atoms with Gasteiger partial charge in [-0.1, -0.05) is 24.3 Å². The van der Waals surface area contributed by atoms with Gasteiger partial charge in [-0.25, -0.2) is 4.39 Å². The van der Waals surface area contributed by atoms with E-state index in [0.29, 0.717) is 31.1 Å². The number of rotatable bonds is 8. The molecule has 1 amide bonds. The standard InChI is InChI=1S/C25H24FN3O3/c1-27-25(30)11-12-29-23-10-8-20(13-18(23)15-28-29)32-16-17-5-3-4-6-21(17)22-9-7-19(26)14-24(22)31-2/h3-10,13-15H,11-12,16H2,1-2H3,(H,27,30). The lowest BCUT2D eigenvalue weighted by molar-refractivity contribution is -0.120. The number of carbonyl (C=O) groups excluding carboxylic acids is 1. The molecule has 4 aromatic rings. The van der Waals surface area contributed by atoms with Crippen LogP contribution in [0.5, 0.6) is 11.5 Å². The van der Waals surface area contributed by atoms with Crippen LogP contribution >= 0.6 is 0 Å². The van der Waals surface area contributed by atoms with E-state index in [1.54, 1.807) is 19.3 Å². The van der Waals surface area contributed by atoms with Gasteiger partial charge in [0.25, 0.3) is 0 Å². The molecule has 0 saturated carbocycles. The first-order valence-corrected chi connectivity index (χ1v) is 10.3. The van der Waals surface area contributed by atoms with Crippen LogP contribution in [0.4, 0.5) is 4.39 Å². The van der Waals surface area contributed by atoms with Crippen LogP contribution in [0.1, 0.15) is 12.0 Å². The van der Waals surface area contributed by atoms with Crippen LogP contribution in [-0.4, -0.2) is 29.8 Å². The van der Waals surface area contributed by atoms with Gasteiger partial charge in [-0.3, -0.25) is 9.48 Å². The van der Waals surface area contributed by atoms with Gasteiger partial charge in [0.05, 0.1) is 25.4 Å². The fourth-order valence-electron chi connectivity index (χ4n) is 3.62. The summed E-state index contributed by atoms with van der Waals surface area (Å²) in [6.45, 7) is 0.850. The minimum atomic E-state index is -0.344. The number of hydrogen-bond donors (Lipinski definition) is 1. The predicted octanol–water partition coefficient (Wildman–Crippen LogP) is 4.57. The van der Waals surface area contributed by atoms with Crippen molar-refractivity contribution in [3.63, 3.8) is 0 Å². The minimum absolute atomic E-state index is 0.0231. The van der Waals surface area contributed by atoms with E-state index in [2.05, 4.69) is 10.4 Å². The Labute approximate surface area is 185 Å². The van der Waals surface area contributed by atoms with Crippen molar-refractivity contribution in [1.82, 2.24) is 15.1 Å². The summed E-state index contributed by atoms with van der Waals surface area (Å²) in [4.78, 5) is 11.5. The summed E-state index contributed by atoms with van der Waals surface area (Å²) in [6, 6.07) is 18.1. The molecule has 0 saturated heterocycles. The molecule has 0 unspecified atom stereocenters. The van der Waals surface area contributed by atoms with Gasteiger partial charge in [0.2, 0.25) is 5.91 Å². The number of benzene rings is 3. The van der Waals surface area contributed by atoms with Gasteiger partial charge in [-0.15, -0.1) is 0 Å². The molecule has 164 valence electrons. The highest BCUT2D eigenvalue weighted by Gasteiger charge is 2.12. The lowest BCUT2D eigenvalue weighted by atomic mass is 9.99. The Hall–Kier alpha value is -3.87. The van der Waals surface area contributed by atoms with Crippen LogP contribution in [0.25, 0.3) is 22.0 Å². The van der Waals surface area contributed by atoms with E-state index in [-0.39, 0.29) is 11.7 Å². The fourth-order valence-corrected chi connectivity index (χ4v) is 3.62. The summed E-state index contributed by atoms with van der Waals surface area (Å²) in [5.74, 6) is 0.820. The smallest absolute Gasteiger partial charge is 0.221 e. The Balaban J connectivity index is 1.53. The zero-order valence-corrected chi connectivity index (χ0v) is 18.0. The Morgan fingerprint density at radius 1 is 1.09 bits per heavy atom. The number of halogens is 1. The van der Waals surface area contributed by atoms with Gasteiger partial charge in [0.1, 0.15) is 23.9 Å². The maximum absolute atomic E-state index is 13.6. The van der Waals surface area contributed by atoms with Gasteiger partial charge in [0, 0.05) is 30.5 Å². The molecule has 0 fully saturated rings. The average Bonchev–Trinajstić information content (AvgIpc) is 3.23. The highest BCUT2D eigenvalue weighted by atomic mass is 19.1. The van der Waals surface area contributed by atoms with E-state index < -0.39 is 0 Å². The Morgan fingerprint density at radius 3 is 2.75 bits per heavy atom. The molecule has 1 aromatic heterocycles. The van der Waals surface area contributed by atoms with Crippen molar-refractivity contribution in [3.05, 3.63) is 78.2 Å².